The monoisotopic (exact) mass is 154 g/mol. The van der Waals surface area contributed by atoms with Crippen molar-refractivity contribution >= 4 is 0 Å². The Balaban J connectivity index is 0.000000112. The highest BCUT2D eigenvalue weighted by molar-refractivity contribution is 4.78. The highest BCUT2D eigenvalue weighted by Gasteiger charge is 1.86. The first kappa shape index (κ1) is 8.18. The highest BCUT2D eigenvalue weighted by Crippen LogP contribution is 1.97. The fraction of sp³-hybridized carbons (Fsp3) is 0.556. The first-order valence-electron chi connectivity index (χ1n) is 4.03. The Morgan fingerprint density at radius 3 is 1.73 bits per heavy atom. The lowest BCUT2D eigenvalue weighted by molar-refractivity contribution is 0.231. The summed E-state index contributed by atoms with van der Waals surface area (Å²) >= 11 is 0. The molecule has 0 amide bonds. The van der Waals surface area contributed by atoms with E-state index in [1.54, 1.807) is 12.5 Å². The molecular weight excluding hydrogens is 140 g/mol. The molecule has 2 aliphatic rings. The lowest BCUT2D eigenvalue weighted by Gasteiger charge is -2.01. The molecule has 0 aromatic rings. The zero-order chi connectivity index (χ0) is 7.78. The molecule has 2 heteroatoms. The Hall–Kier alpha value is -0.920. The van der Waals surface area contributed by atoms with Crippen LogP contribution < -0.4 is 0 Å². The highest BCUT2D eigenvalue weighted by atomic mass is 16.5. The summed E-state index contributed by atoms with van der Waals surface area (Å²) in [5.41, 5.74) is 0. The molecule has 0 fully saturated rings. The SMILES string of the molecule is C1=COCC1.C1=COCCC1. The minimum Gasteiger partial charge on any atom is -0.502 e. The van der Waals surface area contributed by atoms with E-state index in [0.717, 1.165) is 19.6 Å². The van der Waals surface area contributed by atoms with Gasteiger partial charge >= 0.3 is 0 Å². The van der Waals surface area contributed by atoms with Crippen molar-refractivity contribution in [2.45, 2.75) is 19.3 Å². The molecule has 0 saturated carbocycles. The summed E-state index contributed by atoms with van der Waals surface area (Å²) in [5, 5.41) is 0. The van der Waals surface area contributed by atoms with Crippen molar-refractivity contribution in [3.8, 4) is 0 Å². The molecule has 62 valence electrons. The molecule has 0 aromatic carbocycles. The zero-order valence-corrected chi connectivity index (χ0v) is 6.66. The van der Waals surface area contributed by atoms with Gasteiger partial charge in [0.25, 0.3) is 0 Å². The van der Waals surface area contributed by atoms with E-state index < -0.39 is 0 Å². The first-order chi connectivity index (χ1) is 5.50. The van der Waals surface area contributed by atoms with Crippen LogP contribution in [-0.4, -0.2) is 13.2 Å². The van der Waals surface area contributed by atoms with E-state index in [1.165, 1.54) is 12.8 Å². The molecule has 0 atom stereocenters. The van der Waals surface area contributed by atoms with Crippen molar-refractivity contribution in [3.63, 3.8) is 0 Å². The van der Waals surface area contributed by atoms with E-state index >= 15 is 0 Å². The summed E-state index contributed by atoms with van der Waals surface area (Å²) in [7, 11) is 0. The summed E-state index contributed by atoms with van der Waals surface area (Å²) in [4.78, 5) is 0. The Morgan fingerprint density at radius 2 is 1.55 bits per heavy atom. The number of hydrogen-bond acceptors (Lipinski definition) is 2. The number of allylic oxidation sites excluding steroid dienone is 1. The standard InChI is InChI=1S/C5H8O.C4H6O/c1-2-4-6-5-3-1;1-2-4-5-3-1/h2,4H,1,3,5H2;1,3H,2,4H2. The largest absolute Gasteiger partial charge is 0.502 e. The average molecular weight is 154 g/mol. The summed E-state index contributed by atoms with van der Waals surface area (Å²) in [6, 6.07) is 0. The molecule has 11 heavy (non-hydrogen) atoms. The van der Waals surface area contributed by atoms with Gasteiger partial charge in [-0.1, -0.05) is 0 Å². The van der Waals surface area contributed by atoms with Gasteiger partial charge in [0, 0.05) is 6.42 Å². The molecule has 2 nitrogen and oxygen atoms in total. The van der Waals surface area contributed by atoms with Gasteiger partial charge in [0.05, 0.1) is 25.7 Å². The van der Waals surface area contributed by atoms with Crippen LogP contribution in [0.4, 0.5) is 0 Å². The number of ether oxygens (including phenoxy) is 2. The lowest BCUT2D eigenvalue weighted by atomic mass is 10.3. The molecule has 0 spiro atoms. The van der Waals surface area contributed by atoms with E-state index in [9.17, 15) is 0 Å². The van der Waals surface area contributed by atoms with Crippen molar-refractivity contribution in [2.75, 3.05) is 13.2 Å². The molecule has 2 aliphatic heterocycles. The van der Waals surface area contributed by atoms with Crippen molar-refractivity contribution in [3.05, 3.63) is 24.7 Å². The van der Waals surface area contributed by atoms with Crippen LogP contribution in [-0.2, 0) is 9.47 Å². The third kappa shape index (κ3) is 4.48. The molecule has 0 bridgehead atoms. The van der Waals surface area contributed by atoms with Crippen LogP contribution in [0.3, 0.4) is 0 Å². The first-order valence-corrected chi connectivity index (χ1v) is 4.03. The predicted octanol–water partition coefficient (Wildman–Crippen LogP) is 2.23. The maximum absolute atomic E-state index is 4.89. The number of rotatable bonds is 0. The normalized spacial score (nSPS) is 19.6. The van der Waals surface area contributed by atoms with E-state index in [2.05, 4.69) is 0 Å². The fourth-order valence-electron chi connectivity index (χ4n) is 0.829. The van der Waals surface area contributed by atoms with Gasteiger partial charge in [0.2, 0.25) is 0 Å². The third-order valence-electron chi connectivity index (χ3n) is 1.42. The Morgan fingerprint density at radius 1 is 0.818 bits per heavy atom. The minimum atomic E-state index is 0.889. The Bertz CT molecular complexity index is 124. The van der Waals surface area contributed by atoms with Crippen LogP contribution in [0.25, 0.3) is 0 Å². The van der Waals surface area contributed by atoms with Crippen molar-refractivity contribution in [2.24, 2.45) is 0 Å². The van der Waals surface area contributed by atoms with Crippen LogP contribution >= 0.6 is 0 Å². The fourth-order valence-corrected chi connectivity index (χ4v) is 0.829. The van der Waals surface area contributed by atoms with Gasteiger partial charge in [0.15, 0.2) is 0 Å². The van der Waals surface area contributed by atoms with E-state index in [-0.39, 0.29) is 0 Å². The summed E-state index contributed by atoms with van der Waals surface area (Å²) < 4.78 is 9.65. The quantitative estimate of drug-likeness (QED) is 0.532. The van der Waals surface area contributed by atoms with Crippen molar-refractivity contribution in [1.82, 2.24) is 0 Å². The van der Waals surface area contributed by atoms with Gasteiger partial charge in [-0.05, 0) is 25.0 Å². The van der Waals surface area contributed by atoms with Crippen LogP contribution in [0.2, 0.25) is 0 Å². The topological polar surface area (TPSA) is 18.5 Å². The van der Waals surface area contributed by atoms with Gasteiger partial charge in [0.1, 0.15) is 0 Å². The van der Waals surface area contributed by atoms with E-state index in [4.69, 9.17) is 9.47 Å². The molecular formula is C9H14O2. The summed E-state index contributed by atoms with van der Waals surface area (Å²) in [5.74, 6) is 0. The van der Waals surface area contributed by atoms with E-state index in [1.807, 2.05) is 12.2 Å². The predicted molar refractivity (Wildman–Crippen MR) is 44.0 cm³/mol. The van der Waals surface area contributed by atoms with Gasteiger partial charge in [-0.2, -0.15) is 0 Å². The van der Waals surface area contributed by atoms with E-state index in [0.29, 0.717) is 0 Å². The van der Waals surface area contributed by atoms with Crippen molar-refractivity contribution < 1.29 is 9.47 Å². The Labute approximate surface area is 67.5 Å². The number of hydrogen-bond donors (Lipinski definition) is 0. The molecule has 2 rings (SSSR count). The lowest BCUT2D eigenvalue weighted by Crippen LogP contribution is -1.90. The molecule has 2 heterocycles. The summed E-state index contributed by atoms with van der Waals surface area (Å²) in [6.45, 7) is 1.80. The second-order valence-electron chi connectivity index (χ2n) is 2.42. The summed E-state index contributed by atoms with van der Waals surface area (Å²) in [6.07, 6.45) is 11.0. The molecule has 0 N–H and O–H groups in total. The second-order valence-corrected chi connectivity index (χ2v) is 2.42. The van der Waals surface area contributed by atoms with Gasteiger partial charge in [-0.15, -0.1) is 0 Å². The maximum atomic E-state index is 4.89. The molecule has 0 saturated heterocycles. The molecule has 0 aliphatic carbocycles. The van der Waals surface area contributed by atoms with Crippen LogP contribution in [0.15, 0.2) is 24.7 Å². The maximum Gasteiger partial charge on any atom is 0.0908 e. The Kier molecular flexibility index (Phi) is 4.34. The smallest absolute Gasteiger partial charge is 0.0908 e. The van der Waals surface area contributed by atoms with Crippen molar-refractivity contribution in [1.29, 1.82) is 0 Å². The van der Waals surface area contributed by atoms with Crippen LogP contribution in [0.1, 0.15) is 19.3 Å². The van der Waals surface area contributed by atoms with Crippen LogP contribution in [0, 0.1) is 0 Å². The second kappa shape index (κ2) is 5.83. The van der Waals surface area contributed by atoms with Gasteiger partial charge < -0.3 is 9.47 Å². The van der Waals surface area contributed by atoms with Gasteiger partial charge in [-0.25, -0.2) is 0 Å². The zero-order valence-electron chi connectivity index (χ0n) is 6.66. The molecule has 0 unspecified atom stereocenters. The molecule has 0 radical (unpaired) electrons. The molecule has 0 aromatic heterocycles. The third-order valence-corrected chi connectivity index (χ3v) is 1.42. The average Bonchev–Trinajstić information content (AvgIpc) is 2.64. The van der Waals surface area contributed by atoms with Crippen LogP contribution in [0.5, 0.6) is 0 Å². The van der Waals surface area contributed by atoms with Gasteiger partial charge in [-0.3, -0.25) is 0 Å². The minimum absolute atomic E-state index is 0.889.